The molecular weight excluding hydrogens is 340 g/mol. The summed E-state index contributed by atoms with van der Waals surface area (Å²) in [7, 11) is 1.63. The molecule has 1 heterocycles. The van der Waals surface area contributed by atoms with Crippen molar-refractivity contribution in [1.29, 1.82) is 5.41 Å². The third-order valence-electron chi connectivity index (χ3n) is 4.70. The van der Waals surface area contributed by atoms with Gasteiger partial charge in [-0.2, -0.15) is 0 Å². The lowest BCUT2D eigenvalue weighted by molar-refractivity contribution is 0.415. The zero-order valence-corrected chi connectivity index (χ0v) is 14.9. The first-order chi connectivity index (χ1) is 13.1. The summed E-state index contributed by atoms with van der Waals surface area (Å²) in [5.74, 6) is 7.36. The Morgan fingerprint density at radius 3 is 2.81 bits per heavy atom. The molecule has 3 aromatic rings. The summed E-state index contributed by atoms with van der Waals surface area (Å²) in [5, 5.41) is 7.75. The molecule has 0 aliphatic heterocycles. The summed E-state index contributed by atoms with van der Waals surface area (Å²) in [6.07, 6.45) is 3.31. The largest absolute Gasteiger partial charge is 0.497 e. The first-order valence-electron chi connectivity index (χ1n) is 8.60. The van der Waals surface area contributed by atoms with E-state index in [9.17, 15) is 0 Å². The Hall–Kier alpha value is -3.61. The number of ether oxygens (including phenoxy) is 1. The molecule has 1 aromatic heterocycles. The van der Waals surface area contributed by atoms with Crippen LogP contribution in [0.3, 0.4) is 0 Å². The Labute approximate surface area is 156 Å². The smallest absolute Gasteiger partial charge is 0.249 e. The molecule has 27 heavy (non-hydrogen) atoms. The van der Waals surface area contributed by atoms with Crippen LogP contribution in [0.5, 0.6) is 5.75 Å². The molecule has 0 spiro atoms. The number of aliphatic imine (C=N–C) groups is 1. The molecule has 0 bridgehead atoms. The molecule has 2 aromatic carbocycles. The minimum Gasteiger partial charge on any atom is -0.497 e. The van der Waals surface area contributed by atoms with Gasteiger partial charge in [-0.15, -0.1) is 0 Å². The Morgan fingerprint density at radius 2 is 2.04 bits per heavy atom. The van der Waals surface area contributed by atoms with E-state index in [4.69, 9.17) is 21.7 Å². The van der Waals surface area contributed by atoms with E-state index in [-0.39, 0.29) is 5.84 Å². The van der Waals surface area contributed by atoms with Crippen molar-refractivity contribution < 1.29 is 4.74 Å². The van der Waals surface area contributed by atoms with Crippen molar-refractivity contribution >= 4 is 17.5 Å². The number of fused-ring (bicyclic) bond motifs is 1. The highest BCUT2D eigenvalue weighted by atomic mass is 16.5. The number of rotatable bonds is 4. The van der Waals surface area contributed by atoms with Crippen molar-refractivity contribution in [3.05, 3.63) is 65.4 Å². The van der Waals surface area contributed by atoms with Gasteiger partial charge in [-0.3, -0.25) is 5.41 Å². The van der Waals surface area contributed by atoms with Crippen LogP contribution in [0.4, 0.5) is 5.95 Å². The normalized spacial score (nSPS) is 14.3. The average molecular weight is 360 g/mol. The molecule has 1 aliphatic rings. The fourth-order valence-corrected chi connectivity index (χ4v) is 3.38. The monoisotopic (exact) mass is 360 g/mol. The number of aromatic nitrogens is 2. The number of amidine groups is 1. The van der Waals surface area contributed by atoms with E-state index in [0.717, 1.165) is 52.3 Å². The van der Waals surface area contributed by atoms with Gasteiger partial charge in [0.1, 0.15) is 11.6 Å². The molecule has 136 valence electrons. The third-order valence-corrected chi connectivity index (χ3v) is 4.70. The Morgan fingerprint density at radius 1 is 1.22 bits per heavy atom. The zero-order chi connectivity index (χ0) is 19.0. The number of methoxy groups -OCH3 is 1. The van der Waals surface area contributed by atoms with Crippen molar-refractivity contribution in [1.82, 2.24) is 9.66 Å². The maximum Gasteiger partial charge on any atom is 0.249 e. The molecular formula is C20H20N6O. The quantitative estimate of drug-likeness (QED) is 0.377. The number of nitrogens with zero attached hydrogens (tertiary/aromatic N) is 3. The second-order valence-corrected chi connectivity index (χ2v) is 6.37. The number of hydrogen-bond acceptors (Lipinski definition) is 5. The number of hydrogen-bond donors (Lipinski definition) is 3. The molecule has 0 amide bonds. The Balaban J connectivity index is 1.72. The van der Waals surface area contributed by atoms with Gasteiger partial charge in [0, 0.05) is 16.7 Å². The third kappa shape index (κ3) is 3.03. The topological polar surface area (TPSA) is 115 Å². The van der Waals surface area contributed by atoms with Gasteiger partial charge in [0.25, 0.3) is 0 Å². The van der Waals surface area contributed by atoms with E-state index >= 15 is 0 Å². The van der Waals surface area contributed by atoms with E-state index < -0.39 is 0 Å². The van der Waals surface area contributed by atoms with E-state index in [1.165, 1.54) is 4.68 Å². The summed E-state index contributed by atoms with van der Waals surface area (Å²) in [6, 6.07) is 13.4. The van der Waals surface area contributed by atoms with Gasteiger partial charge in [-0.1, -0.05) is 30.3 Å². The van der Waals surface area contributed by atoms with Gasteiger partial charge in [0.15, 0.2) is 0 Å². The number of nitrogens with one attached hydrogen (secondary N) is 1. The lowest BCUT2D eigenvalue weighted by Gasteiger charge is -2.06. The van der Waals surface area contributed by atoms with Gasteiger partial charge in [0.2, 0.25) is 5.95 Å². The number of imidazole rings is 1. The van der Waals surface area contributed by atoms with Crippen LogP contribution in [-0.4, -0.2) is 28.3 Å². The molecule has 7 nitrogen and oxygen atoms in total. The fourth-order valence-electron chi connectivity index (χ4n) is 3.38. The number of benzene rings is 2. The Kier molecular flexibility index (Phi) is 4.12. The summed E-state index contributed by atoms with van der Waals surface area (Å²) in [5.41, 5.74) is 11.1. The number of nitrogen functional groups attached to an aromatic ring is 2. The summed E-state index contributed by atoms with van der Waals surface area (Å²) < 4.78 is 6.69. The van der Waals surface area contributed by atoms with Crippen LogP contribution < -0.4 is 16.3 Å². The van der Waals surface area contributed by atoms with E-state index in [1.54, 1.807) is 13.3 Å². The second-order valence-electron chi connectivity index (χ2n) is 6.37. The molecule has 0 unspecified atom stereocenters. The molecule has 1 aliphatic carbocycles. The van der Waals surface area contributed by atoms with Crippen LogP contribution in [0.15, 0.2) is 53.7 Å². The summed E-state index contributed by atoms with van der Waals surface area (Å²) in [4.78, 5) is 9.27. The molecule has 4 rings (SSSR count). The van der Waals surface area contributed by atoms with Gasteiger partial charge < -0.3 is 16.3 Å². The molecule has 0 fully saturated rings. The van der Waals surface area contributed by atoms with Crippen LogP contribution in [0.2, 0.25) is 0 Å². The summed E-state index contributed by atoms with van der Waals surface area (Å²) in [6.45, 7) is 0. The van der Waals surface area contributed by atoms with Crippen molar-refractivity contribution in [2.75, 3.05) is 13.0 Å². The highest BCUT2D eigenvalue weighted by Crippen LogP contribution is 2.29. The SMILES string of the molecule is COc1cccc(-c2cn(N)c(N=C3CCc4c(C(=N)N)cccc43)n2)c1. The second kappa shape index (κ2) is 6.60. The molecule has 0 saturated carbocycles. The van der Waals surface area contributed by atoms with Crippen LogP contribution in [0, 0.1) is 5.41 Å². The first kappa shape index (κ1) is 16.8. The molecule has 0 radical (unpaired) electrons. The highest BCUT2D eigenvalue weighted by molar-refractivity contribution is 6.09. The fraction of sp³-hybridized carbons (Fsp3) is 0.150. The zero-order valence-electron chi connectivity index (χ0n) is 14.9. The van der Waals surface area contributed by atoms with Crippen LogP contribution in [-0.2, 0) is 6.42 Å². The van der Waals surface area contributed by atoms with Gasteiger partial charge in [-0.05, 0) is 30.5 Å². The maximum absolute atomic E-state index is 7.75. The maximum atomic E-state index is 7.75. The van der Waals surface area contributed by atoms with Gasteiger partial charge in [-0.25, -0.2) is 14.7 Å². The average Bonchev–Trinajstić information content (AvgIpc) is 3.26. The van der Waals surface area contributed by atoms with Crippen molar-refractivity contribution in [3.8, 4) is 17.0 Å². The molecule has 5 N–H and O–H groups in total. The highest BCUT2D eigenvalue weighted by Gasteiger charge is 2.22. The van der Waals surface area contributed by atoms with Crippen molar-refractivity contribution in [3.63, 3.8) is 0 Å². The lowest BCUT2D eigenvalue weighted by Crippen LogP contribution is -2.13. The molecule has 7 heteroatoms. The minimum absolute atomic E-state index is 0.0775. The van der Waals surface area contributed by atoms with Crippen LogP contribution in [0.1, 0.15) is 23.1 Å². The van der Waals surface area contributed by atoms with E-state index in [0.29, 0.717) is 5.95 Å². The van der Waals surface area contributed by atoms with E-state index in [2.05, 4.69) is 9.98 Å². The predicted octanol–water partition coefficient (Wildman–Crippen LogP) is 2.62. The van der Waals surface area contributed by atoms with Crippen molar-refractivity contribution in [2.24, 2.45) is 10.7 Å². The van der Waals surface area contributed by atoms with Gasteiger partial charge in [0.05, 0.1) is 24.7 Å². The minimum atomic E-state index is 0.0775. The predicted molar refractivity (Wildman–Crippen MR) is 106 cm³/mol. The standard InChI is InChI=1S/C20H20N6O/c1-27-13-5-2-4-12(10-13)18-11-26(23)20(25-18)24-17-9-8-14-15(17)6-3-7-16(14)19(21)22/h2-7,10-11H,8-9,23H2,1H3,(H3,21,22). The van der Waals surface area contributed by atoms with Crippen molar-refractivity contribution in [2.45, 2.75) is 12.8 Å². The summed E-state index contributed by atoms with van der Waals surface area (Å²) >= 11 is 0. The first-order valence-corrected chi connectivity index (χ1v) is 8.60. The molecule has 0 saturated heterocycles. The Bertz CT molecular complexity index is 1070. The van der Waals surface area contributed by atoms with Gasteiger partial charge >= 0.3 is 0 Å². The lowest BCUT2D eigenvalue weighted by atomic mass is 10.0. The van der Waals surface area contributed by atoms with E-state index in [1.807, 2.05) is 42.5 Å². The molecule has 0 atom stereocenters. The van der Waals surface area contributed by atoms with Crippen LogP contribution >= 0.6 is 0 Å². The number of nitrogens with two attached hydrogens (primary N) is 2. The van der Waals surface area contributed by atoms with Crippen LogP contribution in [0.25, 0.3) is 11.3 Å².